The second-order valence-electron chi connectivity index (χ2n) is 3.21. The van der Waals surface area contributed by atoms with E-state index in [9.17, 15) is 4.79 Å². The fraction of sp³-hybridized carbons (Fsp3) is 0.273. The van der Waals surface area contributed by atoms with E-state index in [-0.39, 0.29) is 12.4 Å². The summed E-state index contributed by atoms with van der Waals surface area (Å²) in [5, 5.41) is 0. The summed E-state index contributed by atoms with van der Waals surface area (Å²) in [4.78, 5) is 18.5. The first-order valence-corrected chi connectivity index (χ1v) is 4.88. The molecule has 0 spiro atoms. The molecular formula is C11H12N2O2. The van der Waals surface area contributed by atoms with Crippen LogP contribution in [-0.2, 0) is 16.0 Å². The molecule has 0 aliphatic heterocycles. The van der Waals surface area contributed by atoms with Crippen LogP contribution in [0.1, 0.15) is 12.6 Å². The number of carbonyl (C=O) groups excluding carboxylic acids is 1. The quantitative estimate of drug-likeness (QED) is 0.774. The number of H-pyrrole nitrogens is 1. The van der Waals surface area contributed by atoms with Gasteiger partial charge in [0.1, 0.15) is 0 Å². The molecular weight excluding hydrogens is 192 g/mol. The Bertz CT molecular complexity index is 443. The predicted molar refractivity (Wildman–Crippen MR) is 56.4 cm³/mol. The van der Waals surface area contributed by atoms with E-state index in [4.69, 9.17) is 4.74 Å². The molecule has 0 aliphatic rings. The number of aromatic nitrogens is 2. The average Bonchev–Trinajstić information content (AvgIpc) is 2.59. The molecule has 0 saturated heterocycles. The van der Waals surface area contributed by atoms with Gasteiger partial charge in [-0.25, -0.2) is 0 Å². The minimum atomic E-state index is -0.218. The lowest BCUT2D eigenvalue weighted by Crippen LogP contribution is -2.07. The Morgan fingerprint density at radius 2 is 2.47 bits per heavy atom. The number of nitrogens with one attached hydrogen (secondary N) is 1. The molecule has 2 rings (SSSR count). The monoisotopic (exact) mass is 204 g/mol. The normalized spacial score (nSPS) is 10.5. The van der Waals surface area contributed by atoms with E-state index in [1.165, 1.54) is 0 Å². The molecule has 0 radical (unpaired) electrons. The third kappa shape index (κ3) is 2.15. The number of esters is 1. The number of fused-ring (bicyclic) bond motifs is 1. The minimum absolute atomic E-state index is 0.218. The van der Waals surface area contributed by atoms with Crippen molar-refractivity contribution in [3.8, 4) is 0 Å². The van der Waals surface area contributed by atoms with E-state index in [0.29, 0.717) is 6.61 Å². The van der Waals surface area contributed by atoms with Gasteiger partial charge in [-0.3, -0.25) is 9.78 Å². The first-order valence-electron chi connectivity index (χ1n) is 4.88. The lowest BCUT2D eigenvalue weighted by molar-refractivity contribution is -0.142. The number of nitrogens with zero attached hydrogens (tertiary/aromatic N) is 1. The highest BCUT2D eigenvalue weighted by atomic mass is 16.5. The van der Waals surface area contributed by atoms with Gasteiger partial charge in [0.25, 0.3) is 0 Å². The number of rotatable bonds is 3. The Balaban J connectivity index is 2.18. The largest absolute Gasteiger partial charge is 0.466 e. The van der Waals surface area contributed by atoms with E-state index < -0.39 is 0 Å². The molecule has 15 heavy (non-hydrogen) atoms. The number of hydrogen-bond donors (Lipinski definition) is 1. The van der Waals surface area contributed by atoms with E-state index in [2.05, 4.69) is 9.97 Å². The second-order valence-corrected chi connectivity index (χ2v) is 3.21. The van der Waals surface area contributed by atoms with E-state index in [1.54, 1.807) is 13.1 Å². The molecule has 4 nitrogen and oxygen atoms in total. The van der Waals surface area contributed by atoms with Gasteiger partial charge in [0.15, 0.2) is 0 Å². The summed E-state index contributed by atoms with van der Waals surface area (Å²) in [5.41, 5.74) is 2.65. The van der Waals surface area contributed by atoms with Gasteiger partial charge >= 0.3 is 5.97 Å². The summed E-state index contributed by atoms with van der Waals surface area (Å²) >= 11 is 0. The molecule has 4 heteroatoms. The van der Waals surface area contributed by atoms with Crippen LogP contribution in [0.4, 0.5) is 0 Å². The molecule has 2 heterocycles. The fourth-order valence-corrected chi connectivity index (χ4v) is 1.48. The van der Waals surface area contributed by atoms with Gasteiger partial charge in [-0.2, -0.15) is 0 Å². The molecule has 78 valence electrons. The summed E-state index contributed by atoms with van der Waals surface area (Å²) in [5.74, 6) is -0.218. The number of hydrogen-bond acceptors (Lipinski definition) is 3. The summed E-state index contributed by atoms with van der Waals surface area (Å²) in [6.07, 6.45) is 1.99. The summed E-state index contributed by atoms with van der Waals surface area (Å²) in [6, 6.07) is 5.65. The van der Waals surface area contributed by atoms with Crippen LogP contribution < -0.4 is 0 Å². The lowest BCUT2D eigenvalue weighted by Gasteiger charge is -1.98. The van der Waals surface area contributed by atoms with E-state index >= 15 is 0 Å². The molecule has 0 aromatic carbocycles. The van der Waals surface area contributed by atoms with Gasteiger partial charge in [0, 0.05) is 11.9 Å². The molecule has 2 aromatic heterocycles. The standard InChI is InChI=1S/C11H12N2O2/c1-2-15-11(14)7-8-6-10-9(13-8)4-3-5-12-10/h3-6,13H,2,7H2,1H3. The van der Waals surface area contributed by atoms with Gasteiger partial charge < -0.3 is 9.72 Å². The molecule has 0 fully saturated rings. The van der Waals surface area contributed by atoms with Crippen LogP contribution in [0, 0.1) is 0 Å². The molecule has 2 aromatic rings. The second kappa shape index (κ2) is 4.13. The van der Waals surface area contributed by atoms with Crippen molar-refractivity contribution in [2.45, 2.75) is 13.3 Å². The molecule has 0 atom stereocenters. The molecule has 0 amide bonds. The summed E-state index contributed by atoms with van der Waals surface area (Å²) in [6.45, 7) is 2.21. The Hall–Kier alpha value is -1.84. The SMILES string of the molecule is CCOC(=O)Cc1cc2ncccc2[nH]1. The first kappa shape index (κ1) is 9.71. The van der Waals surface area contributed by atoms with Crippen molar-refractivity contribution in [3.05, 3.63) is 30.1 Å². The molecule has 0 aliphatic carbocycles. The van der Waals surface area contributed by atoms with Gasteiger partial charge in [0.05, 0.1) is 24.1 Å². The third-order valence-electron chi connectivity index (χ3n) is 2.08. The van der Waals surface area contributed by atoms with Crippen molar-refractivity contribution in [3.63, 3.8) is 0 Å². The first-order chi connectivity index (χ1) is 7.29. The van der Waals surface area contributed by atoms with Crippen molar-refractivity contribution >= 4 is 17.0 Å². The van der Waals surface area contributed by atoms with Crippen molar-refractivity contribution in [1.29, 1.82) is 0 Å². The maximum Gasteiger partial charge on any atom is 0.311 e. The summed E-state index contributed by atoms with van der Waals surface area (Å²) in [7, 11) is 0. The highest BCUT2D eigenvalue weighted by Gasteiger charge is 2.06. The third-order valence-corrected chi connectivity index (χ3v) is 2.08. The molecule has 0 bridgehead atoms. The van der Waals surface area contributed by atoms with Crippen molar-refractivity contribution in [2.75, 3.05) is 6.61 Å². The average molecular weight is 204 g/mol. The number of ether oxygens (including phenoxy) is 1. The lowest BCUT2D eigenvalue weighted by atomic mass is 10.3. The van der Waals surface area contributed by atoms with Gasteiger partial charge in [-0.05, 0) is 25.1 Å². The fourth-order valence-electron chi connectivity index (χ4n) is 1.48. The van der Waals surface area contributed by atoms with Gasteiger partial charge in [-0.15, -0.1) is 0 Å². The smallest absolute Gasteiger partial charge is 0.311 e. The number of pyridine rings is 1. The van der Waals surface area contributed by atoms with Crippen LogP contribution in [0.2, 0.25) is 0 Å². The van der Waals surface area contributed by atoms with Crippen LogP contribution in [0.5, 0.6) is 0 Å². The zero-order valence-corrected chi connectivity index (χ0v) is 8.49. The maximum atomic E-state index is 11.2. The van der Waals surface area contributed by atoms with Crippen LogP contribution in [0.3, 0.4) is 0 Å². The highest BCUT2D eigenvalue weighted by molar-refractivity contribution is 5.79. The number of aromatic amines is 1. The van der Waals surface area contributed by atoms with Crippen LogP contribution in [0.15, 0.2) is 24.4 Å². The maximum absolute atomic E-state index is 11.2. The van der Waals surface area contributed by atoms with Crippen LogP contribution >= 0.6 is 0 Å². The Kier molecular flexibility index (Phi) is 2.67. The van der Waals surface area contributed by atoms with Crippen LogP contribution in [-0.4, -0.2) is 22.5 Å². The van der Waals surface area contributed by atoms with Crippen LogP contribution in [0.25, 0.3) is 11.0 Å². The minimum Gasteiger partial charge on any atom is -0.466 e. The van der Waals surface area contributed by atoms with E-state index in [1.807, 2.05) is 18.2 Å². The zero-order chi connectivity index (χ0) is 10.7. The molecule has 1 N–H and O–H groups in total. The van der Waals surface area contributed by atoms with Crippen molar-refractivity contribution < 1.29 is 9.53 Å². The topological polar surface area (TPSA) is 55.0 Å². The van der Waals surface area contributed by atoms with E-state index in [0.717, 1.165) is 16.7 Å². The highest BCUT2D eigenvalue weighted by Crippen LogP contribution is 2.12. The Morgan fingerprint density at radius 1 is 1.60 bits per heavy atom. The Morgan fingerprint density at radius 3 is 3.20 bits per heavy atom. The predicted octanol–water partition coefficient (Wildman–Crippen LogP) is 1.67. The van der Waals surface area contributed by atoms with Crippen molar-refractivity contribution in [1.82, 2.24) is 9.97 Å². The number of carbonyl (C=O) groups is 1. The van der Waals surface area contributed by atoms with Gasteiger partial charge in [-0.1, -0.05) is 0 Å². The van der Waals surface area contributed by atoms with Gasteiger partial charge in [0.2, 0.25) is 0 Å². The Labute approximate surface area is 87.3 Å². The zero-order valence-electron chi connectivity index (χ0n) is 8.49. The molecule has 0 unspecified atom stereocenters. The van der Waals surface area contributed by atoms with Crippen molar-refractivity contribution in [2.24, 2.45) is 0 Å². The molecule has 0 saturated carbocycles. The summed E-state index contributed by atoms with van der Waals surface area (Å²) < 4.78 is 4.86.